The minimum Gasteiger partial charge on any atom is -0.478 e. The molecule has 1 heterocycles. The molecule has 0 spiro atoms. The number of para-hydroxylation sites is 1. The molecule has 1 aromatic heterocycles. The number of nitrogens with zero attached hydrogens (tertiary/aromatic N) is 1. The van der Waals surface area contributed by atoms with E-state index in [2.05, 4.69) is 10.3 Å². The van der Waals surface area contributed by atoms with Crippen molar-refractivity contribution in [2.24, 2.45) is 0 Å². The van der Waals surface area contributed by atoms with Crippen molar-refractivity contribution in [2.45, 2.75) is 6.10 Å². The number of carboxylic acids is 1. The van der Waals surface area contributed by atoms with Crippen LogP contribution < -0.4 is 5.32 Å². The molecule has 0 saturated carbocycles. The van der Waals surface area contributed by atoms with Crippen molar-refractivity contribution in [2.75, 3.05) is 17.7 Å². The lowest BCUT2D eigenvalue weighted by Gasteiger charge is -2.12. The number of benzene rings is 2. The Morgan fingerprint density at radius 1 is 1.16 bits per heavy atom. The van der Waals surface area contributed by atoms with Crippen LogP contribution in [0.25, 0.3) is 22.2 Å². The van der Waals surface area contributed by atoms with Gasteiger partial charge in [0.05, 0.1) is 28.8 Å². The molecule has 0 aliphatic heterocycles. The fourth-order valence-corrected chi connectivity index (χ4v) is 2.69. The standard InChI is InChI=1S/C19H17ClN2O3/c20-10-14(23)11-21-13-5-3-4-12(8-13)18-9-16(19(24)25)15-6-1-2-7-17(15)22-18/h1-9,14,21,23H,10-11H2,(H,24,25). The number of anilines is 1. The maximum Gasteiger partial charge on any atom is 0.336 e. The van der Waals surface area contributed by atoms with E-state index in [1.54, 1.807) is 24.3 Å². The molecular weight excluding hydrogens is 340 g/mol. The highest BCUT2D eigenvalue weighted by molar-refractivity contribution is 6.18. The van der Waals surface area contributed by atoms with Gasteiger partial charge in [-0.2, -0.15) is 0 Å². The third-order valence-corrected chi connectivity index (χ3v) is 4.18. The molecule has 0 saturated heterocycles. The van der Waals surface area contributed by atoms with Crippen molar-refractivity contribution in [1.29, 1.82) is 0 Å². The van der Waals surface area contributed by atoms with Crippen molar-refractivity contribution in [3.8, 4) is 11.3 Å². The molecule has 0 fully saturated rings. The molecule has 0 bridgehead atoms. The monoisotopic (exact) mass is 356 g/mol. The van der Waals surface area contributed by atoms with E-state index in [0.29, 0.717) is 23.1 Å². The summed E-state index contributed by atoms with van der Waals surface area (Å²) in [4.78, 5) is 16.2. The lowest BCUT2D eigenvalue weighted by Crippen LogP contribution is -2.20. The van der Waals surface area contributed by atoms with Gasteiger partial charge < -0.3 is 15.5 Å². The second kappa shape index (κ2) is 7.51. The molecule has 25 heavy (non-hydrogen) atoms. The van der Waals surface area contributed by atoms with E-state index >= 15 is 0 Å². The second-order valence-electron chi connectivity index (χ2n) is 5.65. The lowest BCUT2D eigenvalue weighted by molar-refractivity contribution is 0.0699. The summed E-state index contributed by atoms with van der Waals surface area (Å²) in [5.41, 5.74) is 3.02. The number of carbonyl (C=O) groups is 1. The smallest absolute Gasteiger partial charge is 0.336 e. The van der Waals surface area contributed by atoms with Gasteiger partial charge in [-0.25, -0.2) is 9.78 Å². The number of carboxylic acid groups (broad SMARTS) is 1. The summed E-state index contributed by atoms with van der Waals surface area (Å²) < 4.78 is 0. The number of hydrogen-bond acceptors (Lipinski definition) is 4. The van der Waals surface area contributed by atoms with E-state index in [0.717, 1.165) is 11.3 Å². The van der Waals surface area contributed by atoms with Gasteiger partial charge in [0.2, 0.25) is 0 Å². The summed E-state index contributed by atoms with van der Waals surface area (Å²) >= 11 is 5.59. The highest BCUT2D eigenvalue weighted by Gasteiger charge is 2.13. The largest absolute Gasteiger partial charge is 0.478 e. The van der Waals surface area contributed by atoms with E-state index < -0.39 is 12.1 Å². The van der Waals surface area contributed by atoms with Gasteiger partial charge in [0.25, 0.3) is 0 Å². The van der Waals surface area contributed by atoms with E-state index in [1.807, 2.05) is 30.3 Å². The number of alkyl halides is 1. The predicted octanol–water partition coefficient (Wildman–Crippen LogP) is 3.61. The van der Waals surface area contributed by atoms with Crippen LogP contribution in [0.15, 0.2) is 54.6 Å². The fraction of sp³-hybridized carbons (Fsp3) is 0.158. The van der Waals surface area contributed by atoms with Crippen LogP contribution in [0.5, 0.6) is 0 Å². The van der Waals surface area contributed by atoms with Crippen LogP contribution in [-0.2, 0) is 0 Å². The average Bonchev–Trinajstić information content (AvgIpc) is 2.65. The number of aromatic nitrogens is 1. The molecule has 0 amide bonds. The van der Waals surface area contributed by atoms with Crippen molar-refractivity contribution >= 4 is 34.2 Å². The van der Waals surface area contributed by atoms with E-state index in [4.69, 9.17) is 11.6 Å². The Morgan fingerprint density at radius 2 is 1.96 bits per heavy atom. The number of fused-ring (bicyclic) bond motifs is 1. The van der Waals surface area contributed by atoms with Crippen molar-refractivity contribution in [3.63, 3.8) is 0 Å². The van der Waals surface area contributed by atoms with Crippen LogP contribution in [0, 0.1) is 0 Å². The van der Waals surface area contributed by atoms with Crippen molar-refractivity contribution in [3.05, 3.63) is 60.2 Å². The minimum absolute atomic E-state index is 0.154. The van der Waals surface area contributed by atoms with Crippen molar-refractivity contribution in [1.82, 2.24) is 4.98 Å². The summed E-state index contributed by atoms with van der Waals surface area (Å²) in [6.07, 6.45) is -0.636. The Balaban J connectivity index is 2.00. The molecule has 5 nitrogen and oxygen atoms in total. The van der Waals surface area contributed by atoms with Crippen LogP contribution in [-0.4, -0.2) is 39.7 Å². The van der Waals surface area contributed by atoms with E-state index in [1.165, 1.54) is 0 Å². The predicted molar refractivity (Wildman–Crippen MR) is 99.4 cm³/mol. The van der Waals surface area contributed by atoms with Gasteiger partial charge >= 0.3 is 5.97 Å². The van der Waals surface area contributed by atoms with Crippen LogP contribution in [0.1, 0.15) is 10.4 Å². The highest BCUT2D eigenvalue weighted by Crippen LogP contribution is 2.26. The number of aromatic carboxylic acids is 1. The van der Waals surface area contributed by atoms with Gasteiger partial charge in [-0.3, -0.25) is 0 Å². The maximum atomic E-state index is 11.6. The number of pyridine rings is 1. The fourth-order valence-electron chi connectivity index (χ4n) is 2.58. The summed E-state index contributed by atoms with van der Waals surface area (Å²) in [6.45, 7) is 0.332. The summed E-state index contributed by atoms with van der Waals surface area (Å²) in [5, 5.41) is 22.8. The van der Waals surface area contributed by atoms with Crippen LogP contribution in [0.2, 0.25) is 0 Å². The number of halogens is 1. The molecule has 1 atom stereocenters. The Labute approximate surface area is 149 Å². The molecule has 6 heteroatoms. The van der Waals surface area contributed by atoms with Crippen LogP contribution in [0.4, 0.5) is 5.69 Å². The number of aliphatic hydroxyl groups is 1. The molecular formula is C19H17ClN2O3. The minimum atomic E-state index is -0.987. The number of rotatable bonds is 6. The van der Waals surface area contributed by atoms with Crippen LogP contribution in [0.3, 0.4) is 0 Å². The van der Waals surface area contributed by atoms with Crippen molar-refractivity contribution < 1.29 is 15.0 Å². The molecule has 128 valence electrons. The Morgan fingerprint density at radius 3 is 2.72 bits per heavy atom. The number of nitrogens with one attached hydrogen (secondary N) is 1. The van der Waals surface area contributed by atoms with E-state index in [9.17, 15) is 15.0 Å². The van der Waals surface area contributed by atoms with Gasteiger partial charge in [-0.1, -0.05) is 30.3 Å². The molecule has 3 aromatic rings. The Bertz CT molecular complexity index is 914. The second-order valence-corrected chi connectivity index (χ2v) is 5.96. The van der Waals surface area contributed by atoms with Gasteiger partial charge in [0.1, 0.15) is 0 Å². The molecule has 3 N–H and O–H groups in total. The number of aliphatic hydroxyl groups excluding tert-OH is 1. The topological polar surface area (TPSA) is 82.5 Å². The quantitative estimate of drug-likeness (QED) is 0.588. The zero-order chi connectivity index (χ0) is 17.8. The molecule has 1 unspecified atom stereocenters. The SMILES string of the molecule is O=C(O)c1cc(-c2cccc(NCC(O)CCl)c2)nc2ccccc12. The zero-order valence-electron chi connectivity index (χ0n) is 13.3. The Hall–Kier alpha value is -2.63. The molecule has 2 aromatic carbocycles. The first-order chi connectivity index (χ1) is 12.1. The zero-order valence-corrected chi connectivity index (χ0v) is 14.1. The molecule has 3 rings (SSSR count). The third-order valence-electron chi connectivity index (χ3n) is 3.82. The Kier molecular flexibility index (Phi) is 5.16. The lowest BCUT2D eigenvalue weighted by atomic mass is 10.0. The summed E-state index contributed by atoms with van der Waals surface area (Å²) in [5.74, 6) is -0.833. The third kappa shape index (κ3) is 3.90. The van der Waals surface area contributed by atoms with E-state index in [-0.39, 0.29) is 11.4 Å². The molecule has 0 radical (unpaired) electrons. The van der Waals surface area contributed by atoms with Gasteiger partial charge in [0, 0.05) is 23.2 Å². The number of hydrogen-bond donors (Lipinski definition) is 3. The van der Waals surface area contributed by atoms with Crippen LogP contribution >= 0.6 is 11.6 Å². The maximum absolute atomic E-state index is 11.6. The molecule has 0 aliphatic rings. The van der Waals surface area contributed by atoms with Gasteiger partial charge in [0.15, 0.2) is 0 Å². The van der Waals surface area contributed by atoms with Gasteiger partial charge in [-0.05, 0) is 24.3 Å². The normalized spacial score (nSPS) is 12.1. The van der Waals surface area contributed by atoms with Gasteiger partial charge in [-0.15, -0.1) is 11.6 Å². The first-order valence-corrected chi connectivity index (χ1v) is 8.33. The highest BCUT2D eigenvalue weighted by atomic mass is 35.5. The molecule has 0 aliphatic carbocycles. The first-order valence-electron chi connectivity index (χ1n) is 7.80. The first kappa shape index (κ1) is 17.2. The average molecular weight is 357 g/mol. The summed E-state index contributed by atoms with van der Waals surface area (Å²) in [7, 11) is 0. The summed E-state index contributed by atoms with van der Waals surface area (Å²) in [6, 6.07) is 16.2.